The van der Waals surface area contributed by atoms with Crippen molar-refractivity contribution < 1.29 is 22.3 Å². The number of anilines is 2. The van der Waals surface area contributed by atoms with Crippen molar-refractivity contribution in [1.82, 2.24) is 9.97 Å². The lowest BCUT2D eigenvalue weighted by atomic mass is 10.0. The van der Waals surface area contributed by atoms with Gasteiger partial charge in [-0.15, -0.1) is 0 Å². The number of hydrazone groups is 1. The highest BCUT2D eigenvalue weighted by molar-refractivity contribution is 5.84. The maximum atomic E-state index is 14.1. The predicted octanol–water partition coefficient (Wildman–Crippen LogP) is 5.08. The van der Waals surface area contributed by atoms with Gasteiger partial charge < -0.3 is 9.64 Å². The first-order valence-corrected chi connectivity index (χ1v) is 10.1. The van der Waals surface area contributed by atoms with Crippen LogP contribution in [0.5, 0.6) is 0 Å². The Hall–Kier alpha value is -3.53. The number of allylic oxidation sites excluding steroid dienone is 5. The average molecular weight is 461 g/mol. The fourth-order valence-electron chi connectivity index (χ4n) is 3.06. The van der Waals surface area contributed by atoms with Crippen molar-refractivity contribution in [2.24, 2.45) is 5.10 Å². The van der Waals surface area contributed by atoms with E-state index in [1.807, 2.05) is 0 Å². The first-order valence-electron chi connectivity index (χ1n) is 10.1. The van der Waals surface area contributed by atoms with Gasteiger partial charge in [0.05, 0.1) is 31.2 Å². The Labute approximate surface area is 189 Å². The summed E-state index contributed by atoms with van der Waals surface area (Å²) in [5.41, 5.74) is 3.42. The van der Waals surface area contributed by atoms with Gasteiger partial charge in [0, 0.05) is 13.1 Å². The second-order valence-corrected chi connectivity index (χ2v) is 7.07. The van der Waals surface area contributed by atoms with Crippen molar-refractivity contribution >= 4 is 23.6 Å². The zero-order valence-electron chi connectivity index (χ0n) is 17.9. The number of morpholine rings is 1. The molecule has 1 aliphatic rings. The van der Waals surface area contributed by atoms with E-state index in [2.05, 4.69) is 27.1 Å². The summed E-state index contributed by atoms with van der Waals surface area (Å²) in [6, 6.07) is 5.09. The zero-order valence-corrected chi connectivity index (χ0v) is 17.9. The largest absolute Gasteiger partial charge is 0.416 e. The van der Waals surface area contributed by atoms with Crippen LogP contribution in [0.2, 0.25) is 0 Å². The van der Waals surface area contributed by atoms with E-state index in [4.69, 9.17) is 4.74 Å². The van der Waals surface area contributed by atoms with Crippen LogP contribution < -0.4 is 10.3 Å². The second kappa shape index (κ2) is 10.9. The van der Waals surface area contributed by atoms with Gasteiger partial charge in [0.2, 0.25) is 5.95 Å². The highest BCUT2D eigenvalue weighted by Gasteiger charge is 2.30. The lowest BCUT2D eigenvalue weighted by Crippen LogP contribution is -2.37. The van der Waals surface area contributed by atoms with Crippen molar-refractivity contribution in [3.05, 3.63) is 77.8 Å². The van der Waals surface area contributed by atoms with Crippen LogP contribution in [0.1, 0.15) is 18.1 Å². The zero-order chi connectivity index (χ0) is 23.8. The Bertz CT molecular complexity index is 1070. The van der Waals surface area contributed by atoms with Crippen LogP contribution in [-0.4, -0.2) is 42.5 Å². The maximum Gasteiger partial charge on any atom is 0.416 e. The average Bonchev–Trinajstić information content (AvgIpc) is 2.81. The third-order valence-corrected chi connectivity index (χ3v) is 4.74. The molecular formula is C23H23F4N5O. The molecule has 2 heterocycles. The van der Waals surface area contributed by atoms with E-state index in [0.29, 0.717) is 43.0 Å². The summed E-state index contributed by atoms with van der Waals surface area (Å²) in [5, 5.41) is 4.00. The van der Waals surface area contributed by atoms with E-state index in [1.165, 1.54) is 12.3 Å². The van der Waals surface area contributed by atoms with Crippen LogP contribution in [0.4, 0.5) is 29.3 Å². The van der Waals surface area contributed by atoms with Gasteiger partial charge in [-0.3, -0.25) is 0 Å². The number of rotatable bonds is 7. The van der Waals surface area contributed by atoms with Gasteiger partial charge in [-0.25, -0.2) is 14.8 Å². The predicted molar refractivity (Wildman–Crippen MR) is 121 cm³/mol. The van der Waals surface area contributed by atoms with Gasteiger partial charge in [0.25, 0.3) is 0 Å². The molecule has 1 fully saturated rings. The fourth-order valence-corrected chi connectivity index (χ4v) is 3.06. The van der Waals surface area contributed by atoms with Crippen LogP contribution >= 0.6 is 0 Å². The quantitative estimate of drug-likeness (QED) is 0.270. The molecule has 33 heavy (non-hydrogen) atoms. The lowest BCUT2D eigenvalue weighted by molar-refractivity contribution is -0.137. The number of halogens is 4. The van der Waals surface area contributed by atoms with Crippen LogP contribution in [0.15, 0.2) is 65.9 Å². The molecule has 1 saturated heterocycles. The molecule has 0 spiro atoms. The molecule has 6 nitrogen and oxygen atoms in total. The number of alkyl halides is 3. The topological polar surface area (TPSA) is 62.6 Å². The molecule has 1 N–H and O–H groups in total. The third kappa shape index (κ3) is 6.72. The van der Waals surface area contributed by atoms with Crippen LogP contribution in [-0.2, 0) is 10.9 Å². The second-order valence-electron chi connectivity index (χ2n) is 7.07. The lowest BCUT2D eigenvalue weighted by Gasteiger charge is -2.27. The number of ether oxygens (including phenoxy) is 1. The summed E-state index contributed by atoms with van der Waals surface area (Å²) in [5.74, 6) is -0.250. The van der Waals surface area contributed by atoms with Gasteiger partial charge in [0.15, 0.2) is 11.6 Å². The molecule has 0 aliphatic carbocycles. The van der Waals surface area contributed by atoms with Gasteiger partial charge in [-0.2, -0.15) is 23.3 Å². The van der Waals surface area contributed by atoms with Gasteiger partial charge in [-0.1, -0.05) is 36.9 Å². The molecule has 10 heteroatoms. The number of nitrogens with one attached hydrogen (secondary N) is 1. The van der Waals surface area contributed by atoms with Gasteiger partial charge in [0.1, 0.15) is 0 Å². The molecule has 1 aromatic carbocycles. The minimum absolute atomic E-state index is 0.115. The summed E-state index contributed by atoms with van der Waals surface area (Å²) in [6.45, 7) is 7.61. The molecule has 2 aromatic rings. The Morgan fingerprint density at radius 2 is 2.00 bits per heavy atom. The summed E-state index contributed by atoms with van der Waals surface area (Å²) in [4.78, 5) is 9.79. The molecule has 1 aliphatic heterocycles. The van der Waals surface area contributed by atoms with Crippen LogP contribution in [0, 0.1) is 5.82 Å². The Kier molecular flexibility index (Phi) is 7.94. The fraction of sp³-hybridized carbons (Fsp3) is 0.261. The van der Waals surface area contributed by atoms with E-state index in [0.717, 1.165) is 18.3 Å². The molecular weight excluding hydrogens is 438 g/mol. The number of aromatic nitrogens is 2. The Morgan fingerprint density at radius 1 is 1.24 bits per heavy atom. The van der Waals surface area contributed by atoms with Gasteiger partial charge >= 0.3 is 6.18 Å². The number of nitrogens with zero attached hydrogens (tertiary/aromatic N) is 4. The normalized spacial score (nSPS) is 15.4. The molecule has 0 radical (unpaired) electrons. The number of hydrogen-bond acceptors (Lipinski definition) is 6. The smallest absolute Gasteiger partial charge is 0.378 e. The minimum atomic E-state index is -4.41. The Morgan fingerprint density at radius 3 is 2.70 bits per heavy atom. The molecule has 0 bridgehead atoms. The minimum Gasteiger partial charge on any atom is -0.378 e. The van der Waals surface area contributed by atoms with E-state index >= 15 is 0 Å². The molecule has 0 saturated carbocycles. The van der Waals surface area contributed by atoms with Crippen molar-refractivity contribution in [2.75, 3.05) is 36.6 Å². The molecule has 0 amide bonds. The summed E-state index contributed by atoms with van der Waals surface area (Å²) in [7, 11) is 0. The molecule has 1 aromatic heterocycles. The standard InChI is InChI=1S/C23H23F4N5O/c1-3-17(18-5-4-6-19(13-18)23(25,26)27)8-7-16(2)14-29-31-22-28-15-20(24)21(30-22)32-9-11-33-12-10-32/h3-8,13-15H,2,9-12H2,1H3,(H,28,30,31)/b8-7-,17-3+,29-14-. The van der Waals surface area contributed by atoms with Crippen molar-refractivity contribution in [1.29, 1.82) is 0 Å². The monoisotopic (exact) mass is 461 g/mol. The van der Waals surface area contributed by atoms with E-state index in [9.17, 15) is 17.6 Å². The third-order valence-electron chi connectivity index (χ3n) is 4.74. The van der Waals surface area contributed by atoms with Crippen LogP contribution in [0.3, 0.4) is 0 Å². The Balaban J connectivity index is 1.63. The summed E-state index contributed by atoms with van der Waals surface area (Å²) in [6.07, 6.45) is 3.02. The maximum absolute atomic E-state index is 14.1. The highest BCUT2D eigenvalue weighted by atomic mass is 19.4. The molecule has 0 unspecified atom stereocenters. The summed E-state index contributed by atoms with van der Waals surface area (Å²) >= 11 is 0. The van der Waals surface area contributed by atoms with Crippen molar-refractivity contribution in [3.63, 3.8) is 0 Å². The van der Waals surface area contributed by atoms with E-state index < -0.39 is 17.6 Å². The van der Waals surface area contributed by atoms with Gasteiger partial charge in [-0.05, 0) is 35.8 Å². The van der Waals surface area contributed by atoms with Crippen molar-refractivity contribution in [3.8, 4) is 0 Å². The highest BCUT2D eigenvalue weighted by Crippen LogP contribution is 2.31. The molecule has 0 atom stereocenters. The number of hydrogen-bond donors (Lipinski definition) is 1. The number of benzene rings is 1. The van der Waals surface area contributed by atoms with Crippen molar-refractivity contribution in [2.45, 2.75) is 13.1 Å². The first kappa shape index (κ1) is 24.1. The van der Waals surface area contributed by atoms with E-state index in [1.54, 1.807) is 36.1 Å². The summed E-state index contributed by atoms with van der Waals surface area (Å²) < 4.78 is 58.2. The molecule has 174 valence electrons. The van der Waals surface area contributed by atoms with Crippen LogP contribution in [0.25, 0.3) is 5.57 Å². The SMILES string of the molecule is C=C(/C=C\C(=C/C)c1cccc(C(F)(F)F)c1)/C=N\Nc1ncc(F)c(N2CCOCC2)n1. The molecule has 3 rings (SSSR count). The van der Waals surface area contributed by atoms with E-state index in [-0.39, 0.29) is 11.8 Å². The first-order chi connectivity index (χ1) is 15.8.